The summed E-state index contributed by atoms with van der Waals surface area (Å²) in [6, 6.07) is 0. The van der Waals surface area contributed by atoms with Crippen LogP contribution in [0.15, 0.2) is 4.99 Å². The summed E-state index contributed by atoms with van der Waals surface area (Å²) in [4.78, 5) is 4.70. The molecule has 0 bridgehead atoms. The van der Waals surface area contributed by atoms with Crippen molar-refractivity contribution in [3.05, 3.63) is 11.6 Å². The Balaban J connectivity index is 0.00000392. The van der Waals surface area contributed by atoms with Gasteiger partial charge in [0.2, 0.25) is 0 Å². The first kappa shape index (κ1) is 25.1. The summed E-state index contributed by atoms with van der Waals surface area (Å²) in [7, 11) is 1.98. The van der Waals surface area contributed by atoms with Gasteiger partial charge in [0.05, 0.1) is 6.10 Å². The summed E-state index contributed by atoms with van der Waals surface area (Å²) in [5.41, 5.74) is 0. The number of nitrogens with one attached hydrogen (secondary N) is 2. The fourth-order valence-electron chi connectivity index (χ4n) is 3.17. The predicted octanol–water partition coefficient (Wildman–Crippen LogP) is 3.56. The van der Waals surface area contributed by atoms with Gasteiger partial charge in [-0.3, -0.25) is 0 Å². The van der Waals surface area contributed by atoms with Gasteiger partial charge in [0.25, 0.3) is 0 Å². The number of aryl methyl sites for hydroxylation is 1. The minimum Gasteiger partial charge on any atom is -0.376 e. The van der Waals surface area contributed by atoms with Crippen LogP contribution < -0.4 is 10.6 Å². The monoisotopic (exact) mass is 506 g/mol. The zero-order valence-electron chi connectivity index (χ0n) is 18.0. The minimum absolute atomic E-state index is 0. The lowest BCUT2D eigenvalue weighted by Gasteiger charge is -2.15. The SMILES string of the molecule is Cc1nnc(CN=C(NCCCCCCC(C)C)NCC2CCCO2)n1C.I. The molecule has 162 valence electrons. The Morgan fingerprint density at radius 2 is 2.00 bits per heavy atom. The van der Waals surface area contributed by atoms with Gasteiger partial charge in [0.1, 0.15) is 12.4 Å². The Kier molecular flexibility index (Phi) is 12.7. The quantitative estimate of drug-likeness (QED) is 0.208. The molecule has 1 fully saturated rings. The van der Waals surface area contributed by atoms with E-state index in [4.69, 9.17) is 9.73 Å². The number of aromatic nitrogens is 3. The van der Waals surface area contributed by atoms with E-state index in [9.17, 15) is 0 Å². The van der Waals surface area contributed by atoms with E-state index in [1.165, 1.54) is 32.1 Å². The van der Waals surface area contributed by atoms with E-state index < -0.39 is 0 Å². The molecule has 1 saturated heterocycles. The van der Waals surface area contributed by atoms with E-state index in [0.29, 0.717) is 12.6 Å². The Hall–Kier alpha value is -0.900. The summed E-state index contributed by atoms with van der Waals surface area (Å²) < 4.78 is 7.69. The Bertz CT molecular complexity index is 569. The molecule has 0 aromatic carbocycles. The fraction of sp³-hybridized carbons (Fsp3) is 0.850. The number of hydrogen-bond acceptors (Lipinski definition) is 4. The standard InChI is InChI=1S/C20H38N6O.HI/c1-16(2)10-7-5-6-8-12-21-20(22-14-18-11-9-13-27-18)23-15-19-25-24-17(3)26(19)4;/h16,18H,5-15H2,1-4H3,(H2,21,22,23);1H. The van der Waals surface area contributed by atoms with Crippen LogP contribution in [0.2, 0.25) is 0 Å². The van der Waals surface area contributed by atoms with Gasteiger partial charge in [-0.05, 0) is 32.1 Å². The average molecular weight is 506 g/mol. The largest absolute Gasteiger partial charge is 0.376 e. The van der Waals surface area contributed by atoms with E-state index in [2.05, 4.69) is 34.7 Å². The highest BCUT2D eigenvalue weighted by Gasteiger charge is 2.15. The van der Waals surface area contributed by atoms with E-state index in [1.807, 2.05) is 18.5 Å². The molecule has 1 atom stereocenters. The molecular weight excluding hydrogens is 467 g/mol. The molecule has 2 N–H and O–H groups in total. The Labute approximate surface area is 187 Å². The van der Waals surface area contributed by atoms with Crippen LogP contribution in [-0.2, 0) is 18.3 Å². The van der Waals surface area contributed by atoms with Crippen LogP contribution in [0.4, 0.5) is 0 Å². The third-order valence-corrected chi connectivity index (χ3v) is 5.08. The first-order valence-corrected chi connectivity index (χ1v) is 10.5. The molecule has 1 aliphatic heterocycles. The number of unbranched alkanes of at least 4 members (excludes halogenated alkanes) is 3. The number of ether oxygens (including phenoxy) is 1. The van der Waals surface area contributed by atoms with E-state index in [1.54, 1.807) is 0 Å². The molecule has 7 nitrogen and oxygen atoms in total. The zero-order valence-corrected chi connectivity index (χ0v) is 20.4. The topological polar surface area (TPSA) is 76.4 Å². The van der Waals surface area contributed by atoms with Crippen molar-refractivity contribution in [2.24, 2.45) is 18.0 Å². The van der Waals surface area contributed by atoms with E-state index >= 15 is 0 Å². The first-order chi connectivity index (χ1) is 13.1. The molecule has 0 spiro atoms. The lowest BCUT2D eigenvalue weighted by molar-refractivity contribution is 0.114. The molecule has 0 radical (unpaired) electrons. The maximum Gasteiger partial charge on any atom is 0.191 e. The van der Waals surface area contributed by atoms with Gasteiger partial charge in [-0.25, -0.2) is 4.99 Å². The summed E-state index contributed by atoms with van der Waals surface area (Å²) in [5, 5.41) is 15.2. The zero-order chi connectivity index (χ0) is 19.5. The van der Waals surface area contributed by atoms with Crippen LogP contribution in [0.3, 0.4) is 0 Å². The normalized spacial score (nSPS) is 17.0. The van der Waals surface area contributed by atoms with Crippen LogP contribution in [0.1, 0.15) is 70.4 Å². The number of aliphatic imine (C=N–C) groups is 1. The molecule has 1 aromatic heterocycles. The second-order valence-corrected chi connectivity index (χ2v) is 7.93. The summed E-state index contributed by atoms with van der Waals surface area (Å²) >= 11 is 0. The smallest absolute Gasteiger partial charge is 0.191 e. The van der Waals surface area contributed by atoms with Crippen molar-refractivity contribution < 1.29 is 4.74 Å². The lowest BCUT2D eigenvalue weighted by Crippen LogP contribution is -2.41. The van der Waals surface area contributed by atoms with Crippen molar-refractivity contribution in [2.75, 3.05) is 19.7 Å². The summed E-state index contributed by atoms with van der Waals surface area (Å²) in [6.07, 6.45) is 8.99. The van der Waals surface area contributed by atoms with Crippen molar-refractivity contribution in [1.29, 1.82) is 0 Å². The summed E-state index contributed by atoms with van der Waals surface area (Å²) in [6.45, 7) is 9.68. The van der Waals surface area contributed by atoms with Gasteiger partial charge in [-0.1, -0.05) is 39.5 Å². The molecule has 0 aliphatic carbocycles. The number of rotatable bonds is 11. The number of nitrogens with zero attached hydrogens (tertiary/aromatic N) is 4. The molecule has 28 heavy (non-hydrogen) atoms. The van der Waals surface area contributed by atoms with E-state index in [0.717, 1.165) is 56.1 Å². The van der Waals surface area contributed by atoms with Crippen LogP contribution in [0.25, 0.3) is 0 Å². The fourth-order valence-corrected chi connectivity index (χ4v) is 3.17. The molecule has 8 heteroatoms. The summed E-state index contributed by atoms with van der Waals surface area (Å²) in [5.74, 6) is 3.43. The van der Waals surface area contributed by atoms with Gasteiger partial charge in [-0.2, -0.15) is 0 Å². The van der Waals surface area contributed by atoms with Gasteiger partial charge >= 0.3 is 0 Å². The maximum atomic E-state index is 5.71. The molecule has 1 unspecified atom stereocenters. The second kappa shape index (κ2) is 14.1. The molecule has 0 saturated carbocycles. The average Bonchev–Trinajstić information content (AvgIpc) is 3.27. The minimum atomic E-state index is 0. The number of halogens is 1. The van der Waals surface area contributed by atoms with Crippen molar-refractivity contribution in [1.82, 2.24) is 25.4 Å². The highest BCUT2D eigenvalue weighted by molar-refractivity contribution is 14.0. The van der Waals surface area contributed by atoms with Crippen molar-refractivity contribution in [3.63, 3.8) is 0 Å². The second-order valence-electron chi connectivity index (χ2n) is 7.93. The van der Waals surface area contributed by atoms with Crippen LogP contribution in [0.5, 0.6) is 0 Å². The van der Waals surface area contributed by atoms with Crippen LogP contribution in [-0.4, -0.2) is 46.5 Å². The van der Waals surface area contributed by atoms with Crippen LogP contribution >= 0.6 is 24.0 Å². The van der Waals surface area contributed by atoms with Crippen molar-refractivity contribution >= 4 is 29.9 Å². The van der Waals surface area contributed by atoms with Crippen LogP contribution in [0, 0.1) is 12.8 Å². The highest BCUT2D eigenvalue weighted by atomic mass is 127. The van der Waals surface area contributed by atoms with Crippen molar-refractivity contribution in [3.8, 4) is 0 Å². The van der Waals surface area contributed by atoms with Crippen molar-refractivity contribution in [2.45, 2.75) is 78.4 Å². The predicted molar refractivity (Wildman–Crippen MR) is 125 cm³/mol. The third-order valence-electron chi connectivity index (χ3n) is 5.08. The third kappa shape index (κ3) is 9.54. The molecule has 2 heterocycles. The molecule has 2 rings (SSSR count). The molecular formula is C20H39IN6O. The lowest BCUT2D eigenvalue weighted by atomic mass is 10.0. The maximum absolute atomic E-state index is 5.71. The Morgan fingerprint density at radius 1 is 1.21 bits per heavy atom. The molecule has 1 aromatic rings. The van der Waals surface area contributed by atoms with Gasteiger partial charge in [-0.15, -0.1) is 34.2 Å². The highest BCUT2D eigenvalue weighted by Crippen LogP contribution is 2.11. The molecule has 0 amide bonds. The first-order valence-electron chi connectivity index (χ1n) is 10.5. The molecule has 1 aliphatic rings. The number of guanidine groups is 1. The van der Waals surface area contributed by atoms with Gasteiger partial charge in [0.15, 0.2) is 11.8 Å². The Morgan fingerprint density at radius 3 is 2.64 bits per heavy atom. The van der Waals surface area contributed by atoms with E-state index in [-0.39, 0.29) is 24.0 Å². The van der Waals surface area contributed by atoms with Gasteiger partial charge < -0.3 is 19.9 Å². The van der Waals surface area contributed by atoms with Gasteiger partial charge in [0, 0.05) is 26.7 Å². The number of hydrogen-bond donors (Lipinski definition) is 2.